The molecule has 0 bridgehead atoms. The topological polar surface area (TPSA) is 174 Å². The van der Waals surface area contributed by atoms with E-state index < -0.39 is 11.8 Å². The number of amides is 4. The van der Waals surface area contributed by atoms with Gasteiger partial charge in [-0.25, -0.2) is 9.97 Å². The number of hydrogen-bond acceptors (Lipinski definition) is 8. The molecule has 4 amide bonds. The molecule has 0 aliphatic rings. The van der Waals surface area contributed by atoms with Crippen LogP contribution in [0.15, 0.2) is 83.1 Å². The van der Waals surface area contributed by atoms with Crippen molar-refractivity contribution in [2.45, 2.75) is 24.2 Å². The number of imidazole rings is 2. The van der Waals surface area contributed by atoms with Crippen LogP contribution in [0, 0.1) is 13.8 Å². The molecule has 0 aliphatic heterocycles. The number of nitrogens with one attached hydrogen (secondary N) is 6. The zero-order chi connectivity index (χ0) is 32.2. The predicted molar refractivity (Wildman–Crippen MR) is 178 cm³/mol. The second kappa shape index (κ2) is 13.3. The number of rotatable bonds is 8. The van der Waals surface area contributed by atoms with Gasteiger partial charge in [0.15, 0.2) is 10.3 Å². The maximum Gasteiger partial charge on any atom is 0.269 e. The van der Waals surface area contributed by atoms with Crippen LogP contribution >= 0.6 is 23.5 Å². The number of hydrogen-bond donors (Lipinski definition) is 6. The normalized spacial score (nSPS) is 11.1. The number of carbonyl (C=O) groups excluding carboxylic acids is 4. The van der Waals surface area contributed by atoms with E-state index in [1.165, 1.54) is 23.5 Å². The number of thioether (sulfide) groups is 2. The zero-order valence-electron chi connectivity index (χ0n) is 24.7. The minimum Gasteiger partial charge on any atom is -0.333 e. The van der Waals surface area contributed by atoms with Crippen molar-refractivity contribution in [1.29, 1.82) is 0 Å². The van der Waals surface area contributed by atoms with Crippen LogP contribution in [0.25, 0.3) is 32.8 Å². The van der Waals surface area contributed by atoms with Crippen molar-refractivity contribution in [2.24, 2.45) is 0 Å². The Labute approximate surface area is 270 Å². The van der Waals surface area contributed by atoms with Crippen LogP contribution in [0.2, 0.25) is 0 Å². The maximum atomic E-state index is 12.7. The lowest BCUT2D eigenvalue weighted by atomic mass is 10.0. The van der Waals surface area contributed by atoms with Gasteiger partial charge < -0.3 is 9.97 Å². The maximum absolute atomic E-state index is 12.7. The van der Waals surface area contributed by atoms with Gasteiger partial charge in [0.05, 0.1) is 33.6 Å². The summed E-state index contributed by atoms with van der Waals surface area (Å²) in [6, 6.07) is 21.6. The van der Waals surface area contributed by atoms with E-state index in [-0.39, 0.29) is 23.3 Å². The third-order valence-electron chi connectivity index (χ3n) is 6.91. The largest absolute Gasteiger partial charge is 0.333 e. The summed E-state index contributed by atoms with van der Waals surface area (Å²) in [5.74, 6) is -1.63. The van der Waals surface area contributed by atoms with Crippen molar-refractivity contribution in [2.75, 3.05) is 11.5 Å². The first kappa shape index (κ1) is 30.7. The first-order chi connectivity index (χ1) is 22.2. The molecule has 2 aromatic heterocycles. The molecule has 12 nitrogen and oxygen atoms in total. The molecule has 2 heterocycles. The molecule has 6 N–H and O–H groups in total. The molecule has 6 aromatic rings. The van der Waals surface area contributed by atoms with Gasteiger partial charge in [0.25, 0.3) is 11.8 Å². The number of H-pyrrole nitrogens is 2. The monoisotopic (exact) mass is 652 g/mol. The fraction of sp³-hybridized carbons (Fsp3) is 0.125. The van der Waals surface area contributed by atoms with Crippen molar-refractivity contribution in [3.8, 4) is 0 Å². The Hall–Kier alpha value is -5.34. The lowest BCUT2D eigenvalue weighted by molar-refractivity contribution is -0.120. The molecule has 0 radical (unpaired) electrons. The summed E-state index contributed by atoms with van der Waals surface area (Å²) in [4.78, 5) is 65.2. The molecule has 0 saturated carbocycles. The Balaban J connectivity index is 0.965. The second-order valence-corrected chi connectivity index (χ2v) is 12.4. The van der Waals surface area contributed by atoms with Crippen LogP contribution < -0.4 is 21.7 Å². The van der Waals surface area contributed by atoms with Crippen molar-refractivity contribution in [3.05, 3.63) is 95.1 Å². The molecule has 0 aliphatic carbocycles. The van der Waals surface area contributed by atoms with Gasteiger partial charge in [-0.1, -0.05) is 47.8 Å². The van der Waals surface area contributed by atoms with Gasteiger partial charge in [0.2, 0.25) is 11.8 Å². The highest BCUT2D eigenvalue weighted by molar-refractivity contribution is 8.00. The van der Waals surface area contributed by atoms with Crippen LogP contribution in [-0.4, -0.2) is 55.1 Å². The molecule has 0 atom stereocenters. The van der Waals surface area contributed by atoms with Gasteiger partial charge in [-0.2, -0.15) is 0 Å². The van der Waals surface area contributed by atoms with Gasteiger partial charge >= 0.3 is 0 Å². The Morgan fingerprint density at radius 2 is 1.02 bits per heavy atom. The fourth-order valence-corrected chi connectivity index (χ4v) is 5.97. The summed E-state index contributed by atoms with van der Waals surface area (Å²) in [5.41, 5.74) is 16.0. The number of hydrazine groups is 2. The van der Waals surface area contributed by atoms with Crippen LogP contribution in [0.5, 0.6) is 0 Å². The minimum atomic E-state index is -0.486. The average molecular weight is 653 g/mol. The Morgan fingerprint density at radius 1 is 0.587 bits per heavy atom. The summed E-state index contributed by atoms with van der Waals surface area (Å²) >= 11 is 2.46. The molecule has 0 spiro atoms. The number of aryl methyl sites for hydroxylation is 2. The molecule has 6 rings (SSSR count). The van der Waals surface area contributed by atoms with Crippen LogP contribution in [-0.2, 0) is 9.59 Å². The molecule has 232 valence electrons. The number of benzene rings is 4. The zero-order valence-corrected chi connectivity index (χ0v) is 26.3. The van der Waals surface area contributed by atoms with E-state index in [0.717, 1.165) is 33.2 Å². The number of nitrogens with zero attached hydrogens (tertiary/aromatic N) is 2. The summed E-state index contributed by atoms with van der Waals surface area (Å²) in [7, 11) is 0. The SMILES string of the molecule is Cc1ccc2nc(SCC(=O)NNC(=O)c3ccc4cc(C(=O)NNC(=O)CSc5nc6ccc(C)cc6[nH]5)ccc4c3)[nH]c2c1. The molecule has 46 heavy (non-hydrogen) atoms. The number of fused-ring (bicyclic) bond motifs is 3. The van der Waals surface area contributed by atoms with E-state index in [1.807, 2.05) is 50.2 Å². The van der Waals surface area contributed by atoms with Gasteiger partial charge in [0.1, 0.15) is 0 Å². The Morgan fingerprint density at radius 3 is 1.46 bits per heavy atom. The second-order valence-electron chi connectivity index (χ2n) is 10.5. The highest BCUT2D eigenvalue weighted by Crippen LogP contribution is 2.22. The van der Waals surface area contributed by atoms with Crippen LogP contribution in [0.1, 0.15) is 31.8 Å². The lowest BCUT2D eigenvalue weighted by Crippen LogP contribution is -2.42. The van der Waals surface area contributed by atoms with Crippen molar-refractivity contribution in [1.82, 2.24) is 41.6 Å². The van der Waals surface area contributed by atoms with E-state index >= 15 is 0 Å². The van der Waals surface area contributed by atoms with Crippen molar-refractivity contribution in [3.63, 3.8) is 0 Å². The summed E-state index contributed by atoms with van der Waals surface area (Å²) in [5, 5.41) is 2.65. The third kappa shape index (κ3) is 7.30. The molecule has 0 fully saturated rings. The number of carbonyl (C=O) groups is 4. The van der Waals surface area contributed by atoms with Gasteiger partial charge in [-0.15, -0.1) is 0 Å². The Kier molecular flexibility index (Phi) is 8.90. The fourth-order valence-electron chi connectivity index (χ4n) is 4.60. The van der Waals surface area contributed by atoms with Gasteiger partial charge in [-0.05, 0) is 84.3 Å². The van der Waals surface area contributed by atoms with E-state index in [4.69, 9.17) is 0 Å². The molecular weight excluding hydrogens is 625 g/mol. The predicted octanol–water partition coefficient (Wildman–Crippen LogP) is 4.32. The van der Waals surface area contributed by atoms with E-state index in [1.54, 1.807) is 36.4 Å². The Bertz CT molecular complexity index is 1990. The van der Waals surface area contributed by atoms with Gasteiger partial charge in [-0.3, -0.25) is 40.9 Å². The highest BCUT2D eigenvalue weighted by atomic mass is 32.2. The van der Waals surface area contributed by atoms with Crippen LogP contribution in [0.4, 0.5) is 0 Å². The van der Waals surface area contributed by atoms with Crippen LogP contribution in [0.3, 0.4) is 0 Å². The molecular formula is C32H28N8O4S2. The third-order valence-corrected chi connectivity index (χ3v) is 8.65. The van der Waals surface area contributed by atoms with E-state index in [0.29, 0.717) is 32.2 Å². The average Bonchev–Trinajstić information content (AvgIpc) is 3.66. The first-order valence-corrected chi connectivity index (χ1v) is 16.1. The standard InChI is InChI=1S/C32H28N8O4S2/c1-17-3-9-23-25(11-17)35-31(33-23)45-15-27(41)37-39-29(43)21-7-5-20-14-22(8-6-19(20)13-21)30(44)40-38-28(42)16-46-32-34-24-10-4-18(2)12-26(24)36-32/h3-14H,15-16H2,1-2H3,(H,33,35)(H,34,36)(H,37,41)(H,38,42)(H,39,43)(H,40,44). The molecule has 4 aromatic carbocycles. The summed E-state index contributed by atoms with van der Waals surface area (Å²) < 4.78 is 0. The molecule has 0 saturated heterocycles. The minimum absolute atomic E-state index is 0.0575. The van der Waals surface area contributed by atoms with E-state index in [2.05, 4.69) is 41.6 Å². The number of aromatic amines is 2. The highest BCUT2D eigenvalue weighted by Gasteiger charge is 2.13. The van der Waals surface area contributed by atoms with Gasteiger partial charge in [0, 0.05) is 11.1 Å². The van der Waals surface area contributed by atoms with Crippen molar-refractivity contribution < 1.29 is 19.2 Å². The first-order valence-electron chi connectivity index (χ1n) is 14.1. The lowest BCUT2D eigenvalue weighted by Gasteiger charge is -2.09. The quantitative estimate of drug-likeness (QED) is 0.104. The summed E-state index contributed by atoms with van der Waals surface area (Å²) in [6.07, 6.45) is 0. The molecule has 0 unspecified atom stereocenters. The summed E-state index contributed by atoms with van der Waals surface area (Å²) in [6.45, 7) is 3.98. The van der Waals surface area contributed by atoms with E-state index in [9.17, 15) is 19.2 Å². The molecule has 14 heteroatoms. The number of aromatic nitrogens is 4. The van der Waals surface area contributed by atoms with Crippen molar-refractivity contribution >= 4 is 80.0 Å². The smallest absolute Gasteiger partial charge is 0.269 e.